The van der Waals surface area contributed by atoms with E-state index in [1.807, 2.05) is 0 Å². The Balaban J connectivity index is 1.66. The van der Waals surface area contributed by atoms with Crippen molar-refractivity contribution >= 4 is 44.5 Å². The van der Waals surface area contributed by atoms with Crippen LogP contribution in [0.15, 0.2) is 24.3 Å². The lowest BCUT2D eigenvalue weighted by Crippen LogP contribution is -2.57. The molecule has 0 spiro atoms. The first-order valence-corrected chi connectivity index (χ1v) is 10.6. The highest BCUT2D eigenvalue weighted by atomic mass is 35.5. The number of benzene rings is 1. The van der Waals surface area contributed by atoms with Crippen LogP contribution in [0.2, 0.25) is 0 Å². The SMILES string of the molecule is CC1(C)[C@H](C(=O)OCOC(=O)c2ccccc2CC(=O)Cl)N2C(=O)C[C@H]2S1(=O)=O. The number of esters is 2. The van der Waals surface area contributed by atoms with Gasteiger partial charge >= 0.3 is 11.9 Å². The van der Waals surface area contributed by atoms with Gasteiger partial charge in [0, 0.05) is 6.42 Å². The predicted molar refractivity (Wildman–Crippen MR) is 99.4 cm³/mol. The van der Waals surface area contributed by atoms with E-state index in [-0.39, 0.29) is 18.4 Å². The van der Waals surface area contributed by atoms with Crippen molar-refractivity contribution in [2.75, 3.05) is 6.79 Å². The minimum atomic E-state index is -3.74. The molecule has 9 nitrogen and oxygen atoms in total. The van der Waals surface area contributed by atoms with E-state index in [1.165, 1.54) is 26.0 Å². The van der Waals surface area contributed by atoms with E-state index in [2.05, 4.69) is 0 Å². The van der Waals surface area contributed by atoms with E-state index in [0.717, 1.165) is 4.90 Å². The molecule has 0 bridgehead atoms. The number of hydrogen-bond acceptors (Lipinski definition) is 8. The Morgan fingerprint density at radius 1 is 1.21 bits per heavy atom. The van der Waals surface area contributed by atoms with Crippen molar-refractivity contribution in [2.45, 2.75) is 42.9 Å². The number of rotatable bonds is 6. The number of hydrogen-bond donors (Lipinski definition) is 0. The number of carbonyl (C=O) groups is 4. The summed E-state index contributed by atoms with van der Waals surface area (Å²) in [5.41, 5.74) is 0.431. The maximum absolute atomic E-state index is 12.5. The molecule has 3 rings (SSSR count). The van der Waals surface area contributed by atoms with E-state index in [4.69, 9.17) is 21.1 Å². The highest BCUT2D eigenvalue weighted by molar-refractivity contribution is 7.93. The molecule has 1 aromatic rings. The zero-order valence-electron chi connectivity index (χ0n) is 15.6. The van der Waals surface area contributed by atoms with Gasteiger partial charge in [0.1, 0.15) is 11.4 Å². The number of ether oxygens (including phenoxy) is 2. The Morgan fingerprint density at radius 2 is 1.86 bits per heavy atom. The number of sulfone groups is 1. The van der Waals surface area contributed by atoms with Crippen LogP contribution in [0.5, 0.6) is 0 Å². The van der Waals surface area contributed by atoms with Crippen LogP contribution in [0, 0.1) is 0 Å². The van der Waals surface area contributed by atoms with Gasteiger partial charge in [-0.25, -0.2) is 18.0 Å². The first-order chi connectivity index (χ1) is 13.5. The third kappa shape index (κ3) is 3.51. The van der Waals surface area contributed by atoms with Crippen LogP contribution in [0.1, 0.15) is 36.2 Å². The van der Waals surface area contributed by atoms with Crippen LogP contribution in [0.3, 0.4) is 0 Å². The Kier molecular flexibility index (Phi) is 5.44. The number of amides is 1. The van der Waals surface area contributed by atoms with Crippen LogP contribution < -0.4 is 0 Å². The molecule has 1 amide bonds. The zero-order valence-corrected chi connectivity index (χ0v) is 17.2. The summed E-state index contributed by atoms with van der Waals surface area (Å²) in [7, 11) is -3.74. The summed E-state index contributed by atoms with van der Waals surface area (Å²) in [6.07, 6.45) is -0.347. The van der Waals surface area contributed by atoms with Crippen LogP contribution in [0.4, 0.5) is 0 Å². The molecule has 156 valence electrons. The first-order valence-electron chi connectivity index (χ1n) is 8.63. The smallest absolute Gasteiger partial charge is 0.341 e. The Bertz CT molecular complexity index is 1000. The van der Waals surface area contributed by atoms with E-state index < -0.39 is 55.9 Å². The van der Waals surface area contributed by atoms with Crippen molar-refractivity contribution in [2.24, 2.45) is 0 Å². The van der Waals surface area contributed by atoms with Gasteiger partial charge in [0.05, 0.1) is 16.7 Å². The minimum absolute atomic E-state index is 0.0827. The zero-order chi connectivity index (χ0) is 21.6. The van der Waals surface area contributed by atoms with Gasteiger partial charge in [-0.15, -0.1) is 0 Å². The van der Waals surface area contributed by atoms with Gasteiger partial charge in [-0.3, -0.25) is 9.59 Å². The summed E-state index contributed by atoms with van der Waals surface area (Å²) in [6, 6.07) is 4.82. The van der Waals surface area contributed by atoms with Crippen molar-refractivity contribution < 1.29 is 37.1 Å². The van der Waals surface area contributed by atoms with Gasteiger partial charge in [-0.05, 0) is 37.1 Å². The molecular formula is C18H18ClNO8S. The Hall–Kier alpha value is -2.46. The monoisotopic (exact) mass is 443 g/mol. The number of nitrogens with zero attached hydrogens (tertiary/aromatic N) is 1. The lowest BCUT2D eigenvalue weighted by atomic mass is 9.98. The molecule has 2 aliphatic rings. The second-order valence-corrected chi connectivity index (χ2v) is 10.3. The summed E-state index contributed by atoms with van der Waals surface area (Å²) in [6.45, 7) is 1.93. The summed E-state index contributed by atoms with van der Waals surface area (Å²) < 4.78 is 33.3. The highest BCUT2D eigenvalue weighted by Gasteiger charge is 2.68. The number of carbonyl (C=O) groups excluding carboxylic acids is 4. The van der Waals surface area contributed by atoms with Gasteiger partial charge in [-0.1, -0.05) is 18.2 Å². The average molecular weight is 444 g/mol. The fourth-order valence-corrected chi connectivity index (χ4v) is 5.80. The molecule has 2 aliphatic heterocycles. The third-order valence-corrected chi connectivity index (χ3v) is 8.09. The molecule has 2 heterocycles. The molecule has 0 N–H and O–H groups in total. The second kappa shape index (κ2) is 7.42. The van der Waals surface area contributed by atoms with Crippen molar-refractivity contribution in [3.8, 4) is 0 Å². The molecule has 2 fully saturated rings. The van der Waals surface area contributed by atoms with Crippen LogP contribution in [0.25, 0.3) is 0 Å². The van der Waals surface area contributed by atoms with Crippen molar-refractivity contribution in [1.29, 1.82) is 0 Å². The third-order valence-electron chi connectivity index (χ3n) is 5.16. The van der Waals surface area contributed by atoms with Crippen LogP contribution >= 0.6 is 11.6 Å². The summed E-state index contributed by atoms with van der Waals surface area (Å²) >= 11 is 5.36. The van der Waals surface area contributed by atoms with E-state index in [1.54, 1.807) is 12.1 Å². The van der Waals surface area contributed by atoms with Gasteiger partial charge in [-0.2, -0.15) is 0 Å². The normalized spacial score (nSPS) is 23.7. The minimum Gasteiger partial charge on any atom is -0.426 e. The van der Waals surface area contributed by atoms with Gasteiger partial charge in [0.25, 0.3) is 0 Å². The van der Waals surface area contributed by atoms with E-state index in [0.29, 0.717) is 5.56 Å². The lowest BCUT2D eigenvalue weighted by molar-refractivity contribution is -0.167. The molecule has 29 heavy (non-hydrogen) atoms. The number of halogens is 1. The molecule has 1 aromatic carbocycles. The lowest BCUT2D eigenvalue weighted by Gasteiger charge is -2.36. The number of β-lactam (4-membered cyclic amide) rings is 1. The van der Waals surface area contributed by atoms with Crippen LogP contribution in [-0.4, -0.2) is 59.4 Å². The molecule has 0 unspecified atom stereocenters. The van der Waals surface area contributed by atoms with E-state index in [9.17, 15) is 27.6 Å². The topological polar surface area (TPSA) is 124 Å². The highest BCUT2D eigenvalue weighted by Crippen LogP contribution is 2.45. The summed E-state index contributed by atoms with van der Waals surface area (Å²) in [5, 5.41) is -1.69. The van der Waals surface area contributed by atoms with Crippen molar-refractivity contribution in [1.82, 2.24) is 4.90 Å². The molecule has 11 heteroatoms. The van der Waals surface area contributed by atoms with Crippen LogP contribution in [-0.2, 0) is 40.1 Å². The number of fused-ring (bicyclic) bond motifs is 1. The molecule has 2 saturated heterocycles. The predicted octanol–water partition coefficient (Wildman–Crippen LogP) is 0.786. The maximum Gasteiger partial charge on any atom is 0.341 e. The maximum atomic E-state index is 12.5. The molecule has 0 saturated carbocycles. The molecule has 2 atom stereocenters. The molecule has 0 aromatic heterocycles. The Morgan fingerprint density at radius 3 is 2.48 bits per heavy atom. The summed E-state index contributed by atoms with van der Waals surface area (Å²) in [5.74, 6) is -2.28. The molecule has 0 radical (unpaired) electrons. The van der Waals surface area contributed by atoms with Crippen molar-refractivity contribution in [3.63, 3.8) is 0 Å². The standard InChI is InChI=1S/C18H18ClNO8S/c1-18(2)15(20-13(22)8-14(20)29(18,25)26)17(24)28-9-27-16(23)11-6-4-3-5-10(11)7-12(19)21/h3-6,14-15H,7-9H2,1-2H3/t14-,15+/m1/s1. The summed E-state index contributed by atoms with van der Waals surface area (Å²) in [4.78, 5) is 48.6. The van der Waals surface area contributed by atoms with Gasteiger partial charge in [0.15, 0.2) is 9.84 Å². The molecular weight excluding hydrogens is 426 g/mol. The second-order valence-electron chi connectivity index (χ2n) is 7.21. The molecule has 0 aliphatic carbocycles. The van der Waals surface area contributed by atoms with E-state index >= 15 is 0 Å². The largest absolute Gasteiger partial charge is 0.426 e. The average Bonchev–Trinajstić information content (AvgIpc) is 2.75. The van der Waals surface area contributed by atoms with Gasteiger partial charge in [0.2, 0.25) is 17.9 Å². The fraction of sp³-hybridized carbons (Fsp3) is 0.444. The quantitative estimate of drug-likeness (QED) is 0.273. The van der Waals surface area contributed by atoms with Crippen molar-refractivity contribution in [3.05, 3.63) is 35.4 Å². The first kappa shape index (κ1) is 21.3. The fourth-order valence-electron chi connectivity index (χ4n) is 3.53. The van der Waals surface area contributed by atoms with Gasteiger partial charge < -0.3 is 14.4 Å². The Labute approximate surface area is 171 Å².